The van der Waals surface area contributed by atoms with Gasteiger partial charge < -0.3 is 14.9 Å². The van der Waals surface area contributed by atoms with Crippen LogP contribution in [0.25, 0.3) is 11.2 Å². The predicted octanol–water partition coefficient (Wildman–Crippen LogP) is -0.567. The number of nitrogens with zero attached hydrogens (tertiary/aromatic N) is 4. The highest BCUT2D eigenvalue weighted by Gasteiger charge is 2.35. The van der Waals surface area contributed by atoms with Crippen molar-refractivity contribution < 1.29 is 14.9 Å². The van der Waals surface area contributed by atoms with Crippen LogP contribution in [-0.2, 0) is 4.74 Å². The van der Waals surface area contributed by atoms with Crippen LogP contribution in [0.15, 0.2) is 17.7 Å². The number of imidazole rings is 1. The van der Waals surface area contributed by atoms with Crippen LogP contribution >= 0.6 is 11.9 Å². The van der Waals surface area contributed by atoms with Crippen molar-refractivity contribution >= 4 is 23.1 Å². The van der Waals surface area contributed by atoms with Gasteiger partial charge in [-0.3, -0.25) is 9.71 Å². The zero-order valence-electron chi connectivity index (χ0n) is 9.88. The van der Waals surface area contributed by atoms with Crippen LogP contribution in [0.2, 0.25) is 0 Å². The third-order valence-corrected chi connectivity index (χ3v) is 3.65. The van der Waals surface area contributed by atoms with Gasteiger partial charge in [-0.2, -0.15) is 0 Å². The minimum absolute atomic E-state index is 0.219. The SMILES string of the molecule is NSc1ncnc2c1ncn2[C@@H]1C[C@H](O)[C@@H](CO)O1. The molecule has 0 spiro atoms. The Bertz CT molecular complexity index is 592. The molecule has 1 aliphatic heterocycles. The van der Waals surface area contributed by atoms with Crippen molar-refractivity contribution in [1.82, 2.24) is 19.5 Å². The normalized spacial score (nSPS) is 27.2. The van der Waals surface area contributed by atoms with E-state index < -0.39 is 18.4 Å². The molecule has 0 unspecified atom stereocenters. The molecule has 4 N–H and O–H groups in total. The first kappa shape index (κ1) is 12.8. The highest BCUT2D eigenvalue weighted by molar-refractivity contribution is 7.97. The van der Waals surface area contributed by atoms with Crippen molar-refractivity contribution in [3.63, 3.8) is 0 Å². The Morgan fingerprint density at radius 3 is 3.00 bits per heavy atom. The number of hydrogen-bond acceptors (Lipinski definition) is 8. The molecule has 3 rings (SSSR count). The molecule has 0 saturated carbocycles. The molecule has 1 fully saturated rings. The molecule has 0 bridgehead atoms. The van der Waals surface area contributed by atoms with Gasteiger partial charge in [0.15, 0.2) is 5.65 Å². The molecule has 0 aromatic carbocycles. The van der Waals surface area contributed by atoms with Crippen LogP contribution in [0.4, 0.5) is 0 Å². The molecule has 102 valence electrons. The molecule has 8 nitrogen and oxygen atoms in total. The van der Waals surface area contributed by atoms with Gasteiger partial charge in [-0.25, -0.2) is 15.0 Å². The average Bonchev–Trinajstić information content (AvgIpc) is 3.01. The van der Waals surface area contributed by atoms with Crippen LogP contribution in [0.3, 0.4) is 0 Å². The number of nitrogens with two attached hydrogens (primary N) is 1. The van der Waals surface area contributed by atoms with Crippen LogP contribution in [-0.4, -0.2) is 48.5 Å². The number of hydrogen-bond donors (Lipinski definition) is 3. The summed E-state index contributed by atoms with van der Waals surface area (Å²) in [5, 5.41) is 24.9. The number of rotatable bonds is 3. The van der Waals surface area contributed by atoms with Gasteiger partial charge in [-0.15, -0.1) is 0 Å². The predicted molar refractivity (Wildman–Crippen MR) is 67.0 cm³/mol. The van der Waals surface area contributed by atoms with Gasteiger partial charge in [0.1, 0.15) is 29.2 Å². The summed E-state index contributed by atoms with van der Waals surface area (Å²) in [6.45, 7) is -0.219. The lowest BCUT2D eigenvalue weighted by Crippen LogP contribution is -2.24. The maximum atomic E-state index is 9.76. The quantitative estimate of drug-likeness (QED) is 0.506. The van der Waals surface area contributed by atoms with E-state index in [0.29, 0.717) is 22.6 Å². The Morgan fingerprint density at radius 1 is 1.47 bits per heavy atom. The summed E-state index contributed by atoms with van der Waals surface area (Å²) in [7, 11) is 0. The summed E-state index contributed by atoms with van der Waals surface area (Å²) in [5.74, 6) is 0. The minimum Gasteiger partial charge on any atom is -0.394 e. The van der Waals surface area contributed by atoms with Crippen molar-refractivity contribution in [2.75, 3.05) is 6.61 Å². The second-order valence-corrected chi connectivity index (χ2v) is 4.86. The highest BCUT2D eigenvalue weighted by Crippen LogP contribution is 2.31. The fraction of sp³-hybridized carbons (Fsp3) is 0.500. The highest BCUT2D eigenvalue weighted by atomic mass is 32.2. The van der Waals surface area contributed by atoms with Gasteiger partial charge in [-0.05, 0) is 11.9 Å². The lowest BCUT2D eigenvalue weighted by Gasteiger charge is -2.13. The van der Waals surface area contributed by atoms with E-state index in [1.54, 1.807) is 10.9 Å². The van der Waals surface area contributed by atoms with Crippen LogP contribution in [0, 0.1) is 0 Å². The monoisotopic (exact) mass is 283 g/mol. The number of aromatic nitrogens is 4. The van der Waals surface area contributed by atoms with E-state index in [2.05, 4.69) is 15.0 Å². The second-order valence-electron chi connectivity index (χ2n) is 4.24. The first-order valence-electron chi connectivity index (χ1n) is 5.73. The minimum atomic E-state index is -0.697. The van der Waals surface area contributed by atoms with Gasteiger partial charge in [0.05, 0.1) is 19.0 Å². The summed E-state index contributed by atoms with van der Waals surface area (Å²) >= 11 is 1.00. The van der Waals surface area contributed by atoms with Gasteiger partial charge in [-0.1, -0.05) is 0 Å². The maximum Gasteiger partial charge on any atom is 0.166 e. The summed E-state index contributed by atoms with van der Waals surface area (Å²) < 4.78 is 7.29. The van der Waals surface area contributed by atoms with Gasteiger partial charge >= 0.3 is 0 Å². The molecule has 2 aromatic heterocycles. The van der Waals surface area contributed by atoms with Crippen LogP contribution in [0.5, 0.6) is 0 Å². The molecule has 1 aliphatic rings. The Labute approximate surface area is 112 Å². The Hall–Kier alpha value is -1.26. The maximum absolute atomic E-state index is 9.76. The lowest BCUT2D eigenvalue weighted by atomic mass is 10.2. The fourth-order valence-corrected chi connectivity index (χ4v) is 2.54. The molecule has 0 aliphatic carbocycles. The second kappa shape index (κ2) is 5.02. The number of aliphatic hydroxyl groups is 2. The molecule has 2 aromatic rings. The number of aliphatic hydroxyl groups excluding tert-OH is 2. The van der Waals surface area contributed by atoms with Crippen molar-refractivity contribution in [3.05, 3.63) is 12.7 Å². The van der Waals surface area contributed by atoms with E-state index in [1.807, 2.05) is 0 Å². The third-order valence-electron chi connectivity index (χ3n) is 3.13. The van der Waals surface area contributed by atoms with E-state index >= 15 is 0 Å². The molecular weight excluding hydrogens is 270 g/mol. The molecule has 19 heavy (non-hydrogen) atoms. The van der Waals surface area contributed by atoms with Crippen molar-refractivity contribution in [1.29, 1.82) is 0 Å². The lowest BCUT2D eigenvalue weighted by molar-refractivity contribution is -0.0432. The molecule has 9 heteroatoms. The largest absolute Gasteiger partial charge is 0.394 e. The third kappa shape index (κ3) is 2.09. The zero-order valence-corrected chi connectivity index (χ0v) is 10.7. The standard InChI is InChI=1S/C10H13N5O3S/c11-19-10-8-9(12-3-13-10)15(4-14-8)7-1-5(17)6(2-16)18-7/h3-7,16-17H,1-2,11H2/t5-,6+,7-/m0/s1. The van der Waals surface area contributed by atoms with Gasteiger partial charge in [0.2, 0.25) is 0 Å². The van der Waals surface area contributed by atoms with Crippen molar-refractivity contribution in [3.8, 4) is 0 Å². The molecule has 0 radical (unpaired) electrons. The topological polar surface area (TPSA) is 119 Å². The first-order chi connectivity index (χ1) is 9.24. The van der Waals surface area contributed by atoms with E-state index in [1.165, 1.54) is 6.33 Å². The van der Waals surface area contributed by atoms with Gasteiger partial charge in [0.25, 0.3) is 0 Å². The smallest absolute Gasteiger partial charge is 0.166 e. The van der Waals surface area contributed by atoms with E-state index in [4.69, 9.17) is 15.0 Å². The molecular formula is C10H13N5O3S. The molecule has 3 heterocycles. The van der Waals surface area contributed by atoms with E-state index in [-0.39, 0.29) is 6.61 Å². The number of ether oxygens (including phenoxy) is 1. The summed E-state index contributed by atoms with van der Waals surface area (Å²) in [4.78, 5) is 12.4. The van der Waals surface area contributed by atoms with Gasteiger partial charge in [0, 0.05) is 6.42 Å². The van der Waals surface area contributed by atoms with Crippen LogP contribution < -0.4 is 5.14 Å². The van der Waals surface area contributed by atoms with E-state index in [0.717, 1.165) is 11.9 Å². The fourth-order valence-electron chi connectivity index (χ4n) is 2.18. The zero-order chi connectivity index (χ0) is 13.4. The molecule has 0 amide bonds. The Kier molecular flexibility index (Phi) is 3.37. The average molecular weight is 283 g/mol. The summed E-state index contributed by atoms with van der Waals surface area (Å²) in [6.07, 6.45) is 1.69. The van der Waals surface area contributed by atoms with Crippen molar-refractivity contribution in [2.24, 2.45) is 5.14 Å². The summed E-state index contributed by atoms with van der Waals surface area (Å²) in [6, 6.07) is 0. The van der Waals surface area contributed by atoms with E-state index in [9.17, 15) is 5.11 Å². The van der Waals surface area contributed by atoms with Crippen LogP contribution in [0.1, 0.15) is 12.6 Å². The van der Waals surface area contributed by atoms with Crippen molar-refractivity contribution in [2.45, 2.75) is 29.9 Å². The Morgan fingerprint density at radius 2 is 2.32 bits per heavy atom. The first-order valence-corrected chi connectivity index (χ1v) is 6.61. The summed E-state index contributed by atoms with van der Waals surface area (Å²) in [5.41, 5.74) is 1.19. The molecule has 3 atom stereocenters. The number of fused-ring (bicyclic) bond motifs is 1. The Balaban J connectivity index is 1.98. The molecule has 1 saturated heterocycles.